The van der Waals surface area contributed by atoms with Crippen molar-refractivity contribution in [2.75, 3.05) is 13.7 Å². The van der Waals surface area contributed by atoms with Crippen LogP contribution < -0.4 is 5.56 Å². The quantitative estimate of drug-likeness (QED) is 0.758. The first kappa shape index (κ1) is 17.5. The summed E-state index contributed by atoms with van der Waals surface area (Å²) in [5.41, 5.74) is 0.123. The van der Waals surface area contributed by atoms with E-state index in [0.717, 1.165) is 12.7 Å². The summed E-state index contributed by atoms with van der Waals surface area (Å²) in [5, 5.41) is 0. The molecule has 0 atom stereocenters. The molecule has 2 rings (SSSR count). The normalized spacial score (nSPS) is 10.2. The largest absolute Gasteiger partial charge is 0.465 e. The third kappa shape index (κ3) is 3.90. The Bertz CT molecular complexity index is 780. The summed E-state index contributed by atoms with van der Waals surface area (Å²) in [5.74, 6) is -1.57. The maximum absolute atomic E-state index is 12.6. The first-order chi connectivity index (χ1) is 11.6. The third-order valence-corrected chi connectivity index (χ3v) is 3.53. The van der Waals surface area contributed by atoms with Crippen molar-refractivity contribution in [3.05, 3.63) is 69.6 Å². The van der Waals surface area contributed by atoms with Gasteiger partial charge in [-0.1, -0.05) is 30.3 Å². The Hall–Kier alpha value is -2.89. The van der Waals surface area contributed by atoms with Gasteiger partial charge in [-0.25, -0.2) is 9.59 Å². The lowest BCUT2D eigenvalue weighted by atomic mass is 10.1. The predicted octanol–water partition coefficient (Wildman–Crippen LogP) is 2.05. The summed E-state index contributed by atoms with van der Waals surface area (Å²) in [7, 11) is 1.16. The molecule has 0 bridgehead atoms. The van der Waals surface area contributed by atoms with Gasteiger partial charge in [0.1, 0.15) is 5.56 Å². The molecule has 6 nitrogen and oxygen atoms in total. The van der Waals surface area contributed by atoms with Crippen LogP contribution in [0.3, 0.4) is 0 Å². The van der Waals surface area contributed by atoms with E-state index in [1.807, 2.05) is 30.3 Å². The Morgan fingerprint density at radius 1 is 1.08 bits per heavy atom. The Labute approximate surface area is 139 Å². The molecule has 0 saturated carbocycles. The van der Waals surface area contributed by atoms with E-state index in [0.29, 0.717) is 13.0 Å². The second-order valence-electron chi connectivity index (χ2n) is 5.05. The van der Waals surface area contributed by atoms with Crippen molar-refractivity contribution >= 4 is 11.9 Å². The summed E-state index contributed by atoms with van der Waals surface area (Å²) in [6.45, 7) is 2.18. The molecule has 0 aliphatic carbocycles. The minimum absolute atomic E-state index is 0.0790. The predicted molar refractivity (Wildman–Crippen MR) is 88.1 cm³/mol. The van der Waals surface area contributed by atoms with E-state index < -0.39 is 17.5 Å². The molecule has 0 fully saturated rings. The Kier molecular flexibility index (Phi) is 5.89. The number of aromatic nitrogens is 1. The monoisotopic (exact) mass is 329 g/mol. The van der Waals surface area contributed by atoms with Crippen LogP contribution in [0, 0.1) is 0 Å². The summed E-state index contributed by atoms with van der Waals surface area (Å²) >= 11 is 0. The fourth-order valence-corrected chi connectivity index (χ4v) is 2.32. The van der Waals surface area contributed by atoms with Crippen molar-refractivity contribution in [2.24, 2.45) is 0 Å². The summed E-state index contributed by atoms with van der Waals surface area (Å²) in [6.07, 6.45) is 2.12. The lowest BCUT2D eigenvalue weighted by molar-refractivity contribution is 0.0502. The molecule has 1 aromatic carbocycles. The molecule has 0 unspecified atom stereocenters. The van der Waals surface area contributed by atoms with E-state index in [9.17, 15) is 14.4 Å². The van der Waals surface area contributed by atoms with Gasteiger partial charge in [0, 0.05) is 12.7 Å². The third-order valence-electron chi connectivity index (χ3n) is 3.53. The molecule has 0 aliphatic rings. The smallest absolute Gasteiger partial charge is 0.344 e. The Morgan fingerprint density at radius 2 is 1.79 bits per heavy atom. The molecule has 0 spiro atoms. The second kappa shape index (κ2) is 8.10. The van der Waals surface area contributed by atoms with Gasteiger partial charge in [-0.15, -0.1) is 0 Å². The van der Waals surface area contributed by atoms with E-state index >= 15 is 0 Å². The van der Waals surface area contributed by atoms with Crippen molar-refractivity contribution < 1.29 is 19.1 Å². The minimum Gasteiger partial charge on any atom is -0.465 e. The number of rotatable bonds is 6. The zero-order valence-electron chi connectivity index (χ0n) is 13.7. The molecule has 6 heteroatoms. The zero-order chi connectivity index (χ0) is 17.5. The SMILES string of the molecule is CCOC(=O)c1ccn(CCc2ccccc2)c(=O)c1C(=O)OC. The molecule has 0 aliphatic heterocycles. The Balaban J connectivity index is 2.35. The second-order valence-corrected chi connectivity index (χ2v) is 5.05. The fraction of sp³-hybridized carbons (Fsp3) is 0.278. The van der Waals surface area contributed by atoms with Gasteiger partial charge >= 0.3 is 11.9 Å². The number of hydrogen-bond donors (Lipinski definition) is 0. The van der Waals surface area contributed by atoms with Gasteiger partial charge in [-0.2, -0.15) is 0 Å². The van der Waals surface area contributed by atoms with E-state index in [-0.39, 0.29) is 17.7 Å². The van der Waals surface area contributed by atoms with Crippen LogP contribution in [0.25, 0.3) is 0 Å². The zero-order valence-corrected chi connectivity index (χ0v) is 13.7. The van der Waals surface area contributed by atoms with Crippen LogP contribution in [0.4, 0.5) is 0 Å². The molecule has 126 valence electrons. The number of pyridine rings is 1. The van der Waals surface area contributed by atoms with Gasteiger partial charge in [0.2, 0.25) is 0 Å². The number of carbonyl (C=O) groups excluding carboxylic acids is 2. The van der Waals surface area contributed by atoms with Crippen LogP contribution >= 0.6 is 0 Å². The van der Waals surface area contributed by atoms with E-state index in [1.54, 1.807) is 6.92 Å². The lowest BCUT2D eigenvalue weighted by Gasteiger charge is -2.11. The number of aryl methyl sites for hydroxylation is 2. The molecule has 0 amide bonds. The van der Waals surface area contributed by atoms with Gasteiger partial charge in [0.15, 0.2) is 0 Å². The average Bonchev–Trinajstić information content (AvgIpc) is 2.60. The van der Waals surface area contributed by atoms with Crippen LogP contribution in [0.5, 0.6) is 0 Å². The molecule has 0 radical (unpaired) electrons. The van der Waals surface area contributed by atoms with Crippen LogP contribution in [0.1, 0.15) is 33.2 Å². The highest BCUT2D eigenvalue weighted by molar-refractivity contribution is 6.02. The topological polar surface area (TPSA) is 74.6 Å². The number of esters is 2. The molecule has 0 N–H and O–H groups in total. The van der Waals surface area contributed by atoms with Crippen LogP contribution in [-0.4, -0.2) is 30.2 Å². The fourth-order valence-electron chi connectivity index (χ4n) is 2.32. The highest BCUT2D eigenvalue weighted by Gasteiger charge is 2.23. The van der Waals surface area contributed by atoms with Crippen LogP contribution in [-0.2, 0) is 22.4 Å². The van der Waals surface area contributed by atoms with E-state index in [4.69, 9.17) is 4.74 Å². The molecular formula is C18H19NO5. The molecular weight excluding hydrogens is 310 g/mol. The molecule has 1 aromatic heterocycles. The van der Waals surface area contributed by atoms with Gasteiger partial charge in [0.05, 0.1) is 19.3 Å². The number of nitrogens with zero attached hydrogens (tertiary/aromatic N) is 1. The highest BCUT2D eigenvalue weighted by atomic mass is 16.5. The van der Waals surface area contributed by atoms with Gasteiger partial charge in [-0.05, 0) is 25.0 Å². The van der Waals surface area contributed by atoms with Crippen molar-refractivity contribution in [3.8, 4) is 0 Å². The van der Waals surface area contributed by atoms with Crippen molar-refractivity contribution in [2.45, 2.75) is 19.9 Å². The summed E-state index contributed by atoms with van der Waals surface area (Å²) in [6, 6.07) is 11.1. The maximum Gasteiger partial charge on any atom is 0.344 e. The summed E-state index contributed by atoms with van der Waals surface area (Å²) < 4.78 is 10.9. The number of methoxy groups -OCH3 is 1. The number of hydrogen-bond acceptors (Lipinski definition) is 5. The highest BCUT2D eigenvalue weighted by Crippen LogP contribution is 2.09. The lowest BCUT2D eigenvalue weighted by Crippen LogP contribution is -2.30. The van der Waals surface area contributed by atoms with Crippen molar-refractivity contribution in [1.82, 2.24) is 4.57 Å². The van der Waals surface area contributed by atoms with E-state index in [1.165, 1.54) is 16.8 Å². The molecule has 2 aromatic rings. The van der Waals surface area contributed by atoms with Gasteiger partial charge in [-0.3, -0.25) is 4.79 Å². The van der Waals surface area contributed by atoms with Crippen LogP contribution in [0.2, 0.25) is 0 Å². The van der Waals surface area contributed by atoms with Crippen LogP contribution in [0.15, 0.2) is 47.4 Å². The number of benzene rings is 1. The van der Waals surface area contributed by atoms with E-state index in [2.05, 4.69) is 4.74 Å². The first-order valence-electron chi connectivity index (χ1n) is 7.61. The standard InChI is InChI=1S/C18H19NO5/c1-3-24-17(21)14-10-12-19(16(20)15(14)18(22)23-2)11-9-13-7-5-4-6-8-13/h4-8,10,12H,3,9,11H2,1-2H3. The van der Waals surface area contributed by atoms with Gasteiger partial charge < -0.3 is 14.0 Å². The van der Waals surface area contributed by atoms with Crippen molar-refractivity contribution in [3.63, 3.8) is 0 Å². The maximum atomic E-state index is 12.6. The summed E-state index contributed by atoms with van der Waals surface area (Å²) in [4.78, 5) is 36.5. The molecule has 0 saturated heterocycles. The minimum atomic E-state index is -0.850. The number of carbonyl (C=O) groups is 2. The molecule has 24 heavy (non-hydrogen) atoms. The first-order valence-corrected chi connectivity index (χ1v) is 7.61. The number of ether oxygens (including phenoxy) is 2. The Morgan fingerprint density at radius 3 is 2.42 bits per heavy atom. The van der Waals surface area contributed by atoms with Gasteiger partial charge in [0.25, 0.3) is 5.56 Å². The van der Waals surface area contributed by atoms with Crippen molar-refractivity contribution in [1.29, 1.82) is 0 Å². The molecule has 1 heterocycles. The average molecular weight is 329 g/mol.